The maximum absolute atomic E-state index is 6.09. The summed E-state index contributed by atoms with van der Waals surface area (Å²) in [6.07, 6.45) is 1.01. The minimum absolute atomic E-state index is 0.163. The van der Waals surface area contributed by atoms with Gasteiger partial charge in [0.1, 0.15) is 0 Å². The molecule has 0 saturated carbocycles. The van der Waals surface area contributed by atoms with Crippen molar-refractivity contribution in [3.05, 3.63) is 35.4 Å². The van der Waals surface area contributed by atoms with E-state index in [1.807, 2.05) is 0 Å². The molecule has 0 saturated heterocycles. The topological polar surface area (TPSA) is 0 Å². The van der Waals surface area contributed by atoms with Crippen molar-refractivity contribution in [2.75, 3.05) is 0 Å². The Hall–Kier alpha value is -0.490. The largest absolute Gasteiger partial charge is 0.123 e. The number of alkyl halides is 1. The van der Waals surface area contributed by atoms with Crippen molar-refractivity contribution in [3.63, 3.8) is 0 Å². The highest BCUT2D eigenvalue weighted by Gasteiger charge is 2.22. The van der Waals surface area contributed by atoms with Crippen LogP contribution in [0.15, 0.2) is 24.3 Å². The third kappa shape index (κ3) is 3.52. The molecule has 90 valence electrons. The normalized spacial score (nSPS) is 14.2. The fourth-order valence-electron chi connectivity index (χ4n) is 2.14. The van der Waals surface area contributed by atoms with E-state index in [2.05, 4.69) is 58.9 Å². The van der Waals surface area contributed by atoms with E-state index >= 15 is 0 Å². The third-order valence-electron chi connectivity index (χ3n) is 3.15. The van der Waals surface area contributed by atoms with Gasteiger partial charge in [-0.05, 0) is 35.8 Å². The van der Waals surface area contributed by atoms with Gasteiger partial charge in [-0.25, -0.2) is 0 Å². The maximum atomic E-state index is 6.09. The molecule has 1 aromatic rings. The second-order valence-corrected chi connectivity index (χ2v) is 6.39. The smallest absolute Gasteiger partial charge is 0.0316 e. The van der Waals surface area contributed by atoms with Gasteiger partial charge in [0.05, 0.1) is 0 Å². The second kappa shape index (κ2) is 5.23. The molecule has 16 heavy (non-hydrogen) atoms. The lowest BCUT2D eigenvalue weighted by Gasteiger charge is -2.27. The molecule has 1 aromatic carbocycles. The number of rotatable bonds is 4. The Morgan fingerprint density at radius 3 is 1.94 bits per heavy atom. The van der Waals surface area contributed by atoms with Crippen molar-refractivity contribution < 1.29 is 0 Å². The van der Waals surface area contributed by atoms with Crippen molar-refractivity contribution in [1.82, 2.24) is 0 Å². The van der Waals surface area contributed by atoms with Gasteiger partial charge in [0.25, 0.3) is 0 Å². The fourth-order valence-corrected chi connectivity index (χ4v) is 2.53. The summed E-state index contributed by atoms with van der Waals surface area (Å²) in [7, 11) is 0. The lowest BCUT2D eigenvalue weighted by Crippen LogP contribution is -2.20. The molecule has 1 rings (SSSR count). The van der Waals surface area contributed by atoms with E-state index in [0.29, 0.717) is 5.92 Å². The van der Waals surface area contributed by atoms with Gasteiger partial charge in [-0.1, -0.05) is 52.0 Å². The van der Waals surface area contributed by atoms with Crippen LogP contribution >= 0.6 is 11.6 Å². The van der Waals surface area contributed by atoms with Crippen molar-refractivity contribution in [2.24, 2.45) is 0 Å². The van der Waals surface area contributed by atoms with E-state index < -0.39 is 0 Å². The SMILES string of the molecule is CC(Cl)CC(C)(C)c1ccc(C(C)C)cc1. The molecule has 0 amide bonds. The predicted molar refractivity (Wildman–Crippen MR) is 73.5 cm³/mol. The van der Waals surface area contributed by atoms with E-state index in [9.17, 15) is 0 Å². The number of hydrogen-bond donors (Lipinski definition) is 0. The summed E-state index contributed by atoms with van der Waals surface area (Å²) in [5.74, 6) is 0.601. The Labute approximate surface area is 105 Å². The summed E-state index contributed by atoms with van der Waals surface area (Å²) in [5, 5.41) is 0.222. The summed E-state index contributed by atoms with van der Waals surface area (Å²) in [5.41, 5.74) is 2.94. The quantitative estimate of drug-likeness (QED) is 0.640. The lowest BCUT2D eigenvalue weighted by molar-refractivity contribution is 0.476. The molecular weight excluding hydrogens is 216 g/mol. The van der Waals surface area contributed by atoms with E-state index in [1.165, 1.54) is 11.1 Å². The molecule has 1 heteroatoms. The zero-order valence-electron chi connectivity index (χ0n) is 11.0. The Morgan fingerprint density at radius 2 is 1.56 bits per heavy atom. The zero-order valence-corrected chi connectivity index (χ0v) is 11.8. The van der Waals surface area contributed by atoms with Gasteiger partial charge in [-0.3, -0.25) is 0 Å². The average Bonchev–Trinajstić information content (AvgIpc) is 2.16. The highest BCUT2D eigenvalue weighted by Crippen LogP contribution is 2.30. The fraction of sp³-hybridized carbons (Fsp3) is 0.600. The molecule has 1 atom stereocenters. The molecule has 0 aliphatic heterocycles. The first-order valence-corrected chi connectivity index (χ1v) is 6.51. The maximum Gasteiger partial charge on any atom is 0.0316 e. The molecule has 0 heterocycles. The number of halogens is 1. The first kappa shape index (κ1) is 13.6. The molecule has 0 nitrogen and oxygen atoms in total. The van der Waals surface area contributed by atoms with Gasteiger partial charge in [-0.15, -0.1) is 11.6 Å². The molecular formula is C15H23Cl. The van der Waals surface area contributed by atoms with Gasteiger partial charge in [0.2, 0.25) is 0 Å². The van der Waals surface area contributed by atoms with Crippen LogP contribution in [-0.4, -0.2) is 5.38 Å². The monoisotopic (exact) mass is 238 g/mol. The van der Waals surface area contributed by atoms with Crippen LogP contribution in [0.5, 0.6) is 0 Å². The Balaban J connectivity index is 2.88. The van der Waals surface area contributed by atoms with Crippen LogP contribution in [0.1, 0.15) is 58.1 Å². The van der Waals surface area contributed by atoms with E-state index in [-0.39, 0.29) is 10.8 Å². The standard InChI is InChI=1S/C15H23Cl/c1-11(2)13-6-8-14(9-7-13)15(4,5)10-12(3)16/h6-9,11-12H,10H2,1-5H3. The number of hydrogen-bond acceptors (Lipinski definition) is 0. The van der Waals surface area contributed by atoms with Crippen molar-refractivity contribution in [2.45, 2.75) is 57.7 Å². The van der Waals surface area contributed by atoms with Crippen LogP contribution in [-0.2, 0) is 5.41 Å². The predicted octanol–water partition coefficient (Wildman–Crippen LogP) is 5.11. The Kier molecular flexibility index (Phi) is 4.43. The summed E-state index contributed by atoms with van der Waals surface area (Å²) >= 11 is 6.09. The van der Waals surface area contributed by atoms with Gasteiger partial charge in [0.15, 0.2) is 0 Å². The lowest BCUT2D eigenvalue weighted by atomic mass is 9.80. The number of benzene rings is 1. The second-order valence-electron chi connectivity index (χ2n) is 5.65. The molecule has 0 aliphatic rings. The minimum Gasteiger partial charge on any atom is -0.123 e. The Morgan fingerprint density at radius 1 is 1.06 bits per heavy atom. The van der Waals surface area contributed by atoms with Crippen LogP contribution in [0.4, 0.5) is 0 Å². The zero-order chi connectivity index (χ0) is 12.3. The average molecular weight is 239 g/mol. The van der Waals surface area contributed by atoms with Gasteiger partial charge < -0.3 is 0 Å². The van der Waals surface area contributed by atoms with Crippen LogP contribution in [0.3, 0.4) is 0 Å². The summed E-state index contributed by atoms with van der Waals surface area (Å²) in [4.78, 5) is 0. The minimum atomic E-state index is 0.163. The molecule has 0 bridgehead atoms. The Bertz CT molecular complexity index is 320. The molecule has 0 radical (unpaired) electrons. The van der Waals surface area contributed by atoms with Gasteiger partial charge >= 0.3 is 0 Å². The van der Waals surface area contributed by atoms with Gasteiger partial charge in [-0.2, -0.15) is 0 Å². The first-order valence-electron chi connectivity index (χ1n) is 6.07. The summed E-state index contributed by atoms with van der Waals surface area (Å²) in [6, 6.07) is 8.96. The van der Waals surface area contributed by atoms with E-state index in [4.69, 9.17) is 11.6 Å². The van der Waals surface area contributed by atoms with Crippen LogP contribution in [0, 0.1) is 0 Å². The van der Waals surface area contributed by atoms with Crippen LogP contribution < -0.4 is 0 Å². The molecule has 0 aliphatic carbocycles. The van der Waals surface area contributed by atoms with Crippen molar-refractivity contribution in [3.8, 4) is 0 Å². The van der Waals surface area contributed by atoms with Crippen LogP contribution in [0.25, 0.3) is 0 Å². The van der Waals surface area contributed by atoms with Crippen molar-refractivity contribution >= 4 is 11.6 Å². The molecule has 1 unspecified atom stereocenters. The molecule has 0 spiro atoms. The molecule has 0 fully saturated rings. The van der Waals surface area contributed by atoms with Gasteiger partial charge in [0, 0.05) is 5.38 Å². The van der Waals surface area contributed by atoms with Crippen LogP contribution in [0.2, 0.25) is 0 Å². The third-order valence-corrected chi connectivity index (χ3v) is 3.30. The molecule has 0 N–H and O–H groups in total. The van der Waals surface area contributed by atoms with Crippen molar-refractivity contribution in [1.29, 1.82) is 0 Å². The first-order chi connectivity index (χ1) is 7.33. The van der Waals surface area contributed by atoms with E-state index in [1.54, 1.807) is 0 Å². The summed E-state index contributed by atoms with van der Waals surface area (Å²) in [6.45, 7) is 11.0. The highest BCUT2D eigenvalue weighted by molar-refractivity contribution is 6.20. The van der Waals surface area contributed by atoms with E-state index in [0.717, 1.165) is 6.42 Å². The highest BCUT2D eigenvalue weighted by atomic mass is 35.5. The summed E-state index contributed by atoms with van der Waals surface area (Å²) < 4.78 is 0. The molecule has 0 aromatic heterocycles.